The number of halogens is 1. The third-order valence-electron chi connectivity index (χ3n) is 3.12. The maximum Gasteiger partial charge on any atom is 0.162 e. The van der Waals surface area contributed by atoms with Crippen molar-refractivity contribution in [3.05, 3.63) is 35.6 Å². The second kappa shape index (κ2) is 5.34. The number of rotatable bonds is 3. The lowest BCUT2D eigenvalue weighted by Gasteiger charge is -2.36. The summed E-state index contributed by atoms with van der Waals surface area (Å²) >= 11 is 0. The highest BCUT2D eigenvalue weighted by Gasteiger charge is 2.28. The van der Waals surface area contributed by atoms with E-state index in [0.29, 0.717) is 13.2 Å². The minimum Gasteiger partial charge on any atom is -0.349 e. The van der Waals surface area contributed by atoms with Gasteiger partial charge in [-0.25, -0.2) is 4.39 Å². The molecule has 0 bridgehead atoms. The molecule has 2 rings (SSSR count). The minimum absolute atomic E-state index is 0.143. The van der Waals surface area contributed by atoms with Gasteiger partial charge in [-0.1, -0.05) is 12.1 Å². The van der Waals surface area contributed by atoms with Crippen LogP contribution in [0.2, 0.25) is 0 Å². The second-order valence-electron chi connectivity index (χ2n) is 5.16. The first-order valence-corrected chi connectivity index (χ1v) is 6.26. The van der Waals surface area contributed by atoms with Gasteiger partial charge in [-0.15, -0.1) is 0 Å². The van der Waals surface area contributed by atoms with Crippen LogP contribution in [0, 0.1) is 5.82 Å². The van der Waals surface area contributed by atoms with Crippen LogP contribution in [0.3, 0.4) is 0 Å². The van der Waals surface area contributed by atoms with Gasteiger partial charge in [-0.3, -0.25) is 0 Å². The molecule has 0 aromatic heterocycles. The summed E-state index contributed by atoms with van der Waals surface area (Å²) in [6, 6.07) is 6.85. The van der Waals surface area contributed by atoms with Crippen molar-refractivity contribution in [2.24, 2.45) is 0 Å². The van der Waals surface area contributed by atoms with E-state index < -0.39 is 5.79 Å². The van der Waals surface area contributed by atoms with Crippen LogP contribution in [-0.4, -0.2) is 25.0 Å². The molecule has 3 nitrogen and oxygen atoms in total. The summed E-state index contributed by atoms with van der Waals surface area (Å²) in [5, 5.41) is 3.42. The van der Waals surface area contributed by atoms with Crippen molar-refractivity contribution in [1.29, 1.82) is 0 Å². The van der Waals surface area contributed by atoms with E-state index in [2.05, 4.69) is 5.32 Å². The van der Waals surface area contributed by atoms with E-state index in [1.54, 1.807) is 12.1 Å². The molecule has 1 N–H and O–H groups in total. The molecule has 0 radical (unpaired) electrons. The number of benzene rings is 1. The van der Waals surface area contributed by atoms with E-state index in [1.165, 1.54) is 12.1 Å². The predicted molar refractivity (Wildman–Crippen MR) is 67.7 cm³/mol. The van der Waals surface area contributed by atoms with Crippen LogP contribution in [0.25, 0.3) is 0 Å². The zero-order valence-electron chi connectivity index (χ0n) is 11.1. The maximum absolute atomic E-state index is 12.8. The first-order valence-electron chi connectivity index (χ1n) is 6.26. The smallest absolute Gasteiger partial charge is 0.162 e. The van der Waals surface area contributed by atoms with Crippen molar-refractivity contribution in [2.45, 2.75) is 38.6 Å². The number of hydrogen-bond acceptors (Lipinski definition) is 3. The Morgan fingerprint density at radius 3 is 2.33 bits per heavy atom. The van der Waals surface area contributed by atoms with Gasteiger partial charge in [0.2, 0.25) is 0 Å². The van der Waals surface area contributed by atoms with Gasteiger partial charge >= 0.3 is 0 Å². The highest BCUT2D eigenvalue weighted by molar-refractivity contribution is 5.19. The highest BCUT2D eigenvalue weighted by atomic mass is 19.1. The Morgan fingerprint density at radius 1 is 1.22 bits per heavy atom. The molecule has 0 unspecified atom stereocenters. The Hall–Kier alpha value is -0.970. The lowest BCUT2D eigenvalue weighted by atomic mass is 10.1. The molecule has 1 aliphatic rings. The molecule has 1 aromatic carbocycles. The van der Waals surface area contributed by atoms with Gasteiger partial charge in [0.1, 0.15) is 5.82 Å². The Labute approximate surface area is 107 Å². The summed E-state index contributed by atoms with van der Waals surface area (Å²) < 4.78 is 24.0. The van der Waals surface area contributed by atoms with E-state index in [4.69, 9.17) is 9.47 Å². The Morgan fingerprint density at radius 2 is 1.78 bits per heavy atom. The van der Waals surface area contributed by atoms with Crippen LogP contribution in [0.1, 0.15) is 32.4 Å². The predicted octanol–water partition coefficient (Wildman–Crippen LogP) is 2.63. The standard InChI is InChI=1S/C14H20FNO2/c1-10(11-4-6-12(15)7-5-11)16-13-8-17-14(2,3)18-9-13/h4-7,10,13,16H,8-9H2,1-3H3/t10-/m0/s1. The van der Waals surface area contributed by atoms with Crippen LogP contribution in [0.15, 0.2) is 24.3 Å². The molecule has 1 fully saturated rings. The van der Waals surface area contributed by atoms with E-state index in [0.717, 1.165) is 5.56 Å². The summed E-state index contributed by atoms with van der Waals surface area (Å²) in [6.45, 7) is 7.11. The third-order valence-corrected chi connectivity index (χ3v) is 3.12. The van der Waals surface area contributed by atoms with Crippen molar-refractivity contribution in [2.75, 3.05) is 13.2 Å². The van der Waals surface area contributed by atoms with Crippen LogP contribution >= 0.6 is 0 Å². The van der Waals surface area contributed by atoms with Gasteiger partial charge in [-0.05, 0) is 38.5 Å². The second-order valence-corrected chi connectivity index (χ2v) is 5.16. The van der Waals surface area contributed by atoms with Gasteiger partial charge in [0.05, 0.1) is 19.3 Å². The fraction of sp³-hybridized carbons (Fsp3) is 0.571. The first kappa shape index (κ1) is 13.5. The Balaban J connectivity index is 1.88. The summed E-state index contributed by atoms with van der Waals surface area (Å²) in [4.78, 5) is 0. The summed E-state index contributed by atoms with van der Waals surface area (Å²) in [5.74, 6) is -0.700. The molecule has 100 valence electrons. The fourth-order valence-electron chi connectivity index (χ4n) is 1.99. The molecule has 1 atom stereocenters. The van der Waals surface area contributed by atoms with Crippen molar-refractivity contribution in [3.63, 3.8) is 0 Å². The Kier molecular flexibility index (Phi) is 4.00. The molecule has 0 spiro atoms. The van der Waals surface area contributed by atoms with Crippen molar-refractivity contribution in [1.82, 2.24) is 5.32 Å². The zero-order valence-corrected chi connectivity index (χ0v) is 11.1. The quantitative estimate of drug-likeness (QED) is 0.898. The van der Waals surface area contributed by atoms with Gasteiger partial charge in [0.25, 0.3) is 0 Å². The summed E-state index contributed by atoms with van der Waals surface area (Å²) in [5.41, 5.74) is 1.06. The maximum atomic E-state index is 12.8. The van der Waals surface area contributed by atoms with E-state index in [9.17, 15) is 4.39 Å². The molecular weight excluding hydrogens is 233 g/mol. The van der Waals surface area contributed by atoms with Crippen molar-refractivity contribution >= 4 is 0 Å². The van der Waals surface area contributed by atoms with Crippen molar-refractivity contribution in [3.8, 4) is 0 Å². The molecule has 1 heterocycles. The molecule has 1 aliphatic heterocycles. The molecule has 18 heavy (non-hydrogen) atoms. The van der Waals surface area contributed by atoms with Gasteiger partial charge in [0.15, 0.2) is 5.79 Å². The van der Waals surface area contributed by atoms with E-state index in [1.807, 2.05) is 20.8 Å². The van der Waals surface area contributed by atoms with Gasteiger partial charge in [-0.2, -0.15) is 0 Å². The monoisotopic (exact) mass is 253 g/mol. The fourth-order valence-corrected chi connectivity index (χ4v) is 1.99. The number of hydrogen-bond donors (Lipinski definition) is 1. The normalized spacial score (nSPS) is 21.8. The number of nitrogens with one attached hydrogen (secondary N) is 1. The van der Waals surface area contributed by atoms with Crippen LogP contribution in [0.4, 0.5) is 4.39 Å². The SMILES string of the molecule is C[C@H](NC1COC(C)(C)OC1)c1ccc(F)cc1. The van der Waals surface area contributed by atoms with E-state index in [-0.39, 0.29) is 17.9 Å². The highest BCUT2D eigenvalue weighted by Crippen LogP contribution is 2.19. The Bertz CT molecular complexity index is 381. The van der Waals surface area contributed by atoms with Gasteiger partial charge < -0.3 is 14.8 Å². The molecule has 1 saturated heterocycles. The zero-order chi connectivity index (χ0) is 13.2. The molecule has 0 amide bonds. The largest absolute Gasteiger partial charge is 0.349 e. The van der Waals surface area contributed by atoms with Crippen LogP contribution in [0.5, 0.6) is 0 Å². The summed E-state index contributed by atoms with van der Waals surface area (Å²) in [6.07, 6.45) is 0. The number of ether oxygens (including phenoxy) is 2. The van der Waals surface area contributed by atoms with Gasteiger partial charge in [0, 0.05) is 6.04 Å². The minimum atomic E-state index is -0.489. The average Bonchev–Trinajstić information content (AvgIpc) is 2.33. The lowest BCUT2D eigenvalue weighted by Crippen LogP contribution is -2.49. The molecule has 1 aromatic rings. The average molecular weight is 253 g/mol. The molecule has 0 aliphatic carbocycles. The van der Waals surface area contributed by atoms with Crippen molar-refractivity contribution < 1.29 is 13.9 Å². The van der Waals surface area contributed by atoms with Crippen LogP contribution in [-0.2, 0) is 9.47 Å². The third kappa shape index (κ3) is 3.51. The molecular formula is C14H20FNO2. The molecule has 0 saturated carbocycles. The van der Waals surface area contributed by atoms with Crippen LogP contribution < -0.4 is 5.32 Å². The molecule has 4 heteroatoms. The topological polar surface area (TPSA) is 30.5 Å². The summed E-state index contributed by atoms with van der Waals surface area (Å²) in [7, 11) is 0. The van der Waals surface area contributed by atoms with E-state index >= 15 is 0 Å². The lowest BCUT2D eigenvalue weighted by molar-refractivity contribution is -0.253. The first-order chi connectivity index (χ1) is 8.46.